The van der Waals surface area contributed by atoms with E-state index in [0.717, 1.165) is 0 Å². The van der Waals surface area contributed by atoms with Gasteiger partial charge in [-0.25, -0.2) is 0 Å². The number of amides is 2. The van der Waals surface area contributed by atoms with E-state index in [2.05, 4.69) is 5.32 Å². The molecule has 3 N–H and O–H groups in total. The number of thiocarbonyl (C=S) groups is 1. The van der Waals surface area contributed by atoms with Crippen molar-refractivity contribution in [1.82, 2.24) is 5.32 Å². The van der Waals surface area contributed by atoms with Gasteiger partial charge in [0.2, 0.25) is 11.8 Å². The summed E-state index contributed by atoms with van der Waals surface area (Å²) in [4.78, 5) is 22.9. The normalized spacial score (nSPS) is 29.1. The maximum absolute atomic E-state index is 11.5. The van der Waals surface area contributed by atoms with Crippen molar-refractivity contribution in [2.75, 3.05) is 0 Å². The van der Waals surface area contributed by atoms with Crippen molar-refractivity contribution in [3.8, 4) is 6.07 Å². The number of nitrogens with two attached hydrogens (primary N) is 1. The van der Waals surface area contributed by atoms with Crippen molar-refractivity contribution < 1.29 is 9.59 Å². The summed E-state index contributed by atoms with van der Waals surface area (Å²) in [5.41, 5.74) is 4.58. The molecule has 0 bridgehead atoms. The van der Waals surface area contributed by atoms with Gasteiger partial charge in [0.15, 0.2) is 0 Å². The predicted octanol–water partition coefficient (Wildman–Crippen LogP) is -0.289. The molecule has 0 aromatic rings. The van der Waals surface area contributed by atoms with Crippen LogP contribution in [0.1, 0.15) is 13.8 Å². The number of nitriles is 1. The number of piperidine rings is 1. The number of carbonyl (C=O) groups is 2. The third-order valence-corrected chi connectivity index (χ3v) is 2.91. The zero-order valence-corrected chi connectivity index (χ0v) is 9.22. The Hall–Kier alpha value is -1.48. The van der Waals surface area contributed by atoms with E-state index in [4.69, 9.17) is 23.2 Å². The number of imide groups is 1. The molecule has 80 valence electrons. The highest BCUT2D eigenvalue weighted by atomic mass is 32.1. The second kappa shape index (κ2) is 3.59. The molecule has 6 heteroatoms. The van der Waals surface area contributed by atoms with Crippen LogP contribution in [-0.4, -0.2) is 16.8 Å². The molecule has 0 radical (unpaired) electrons. The van der Waals surface area contributed by atoms with Gasteiger partial charge in [0.05, 0.1) is 17.0 Å². The summed E-state index contributed by atoms with van der Waals surface area (Å²) < 4.78 is 0. The van der Waals surface area contributed by atoms with Gasteiger partial charge in [-0.2, -0.15) is 5.26 Å². The van der Waals surface area contributed by atoms with Crippen LogP contribution in [-0.2, 0) is 9.59 Å². The summed E-state index contributed by atoms with van der Waals surface area (Å²) in [5, 5.41) is 11.0. The topological polar surface area (TPSA) is 96.0 Å². The largest absolute Gasteiger partial charge is 0.393 e. The van der Waals surface area contributed by atoms with Crippen LogP contribution in [0.3, 0.4) is 0 Å². The summed E-state index contributed by atoms with van der Waals surface area (Å²) in [6.45, 7) is 3.28. The zero-order valence-electron chi connectivity index (χ0n) is 8.40. The monoisotopic (exact) mass is 225 g/mol. The number of hydrogen-bond donors (Lipinski definition) is 2. The Morgan fingerprint density at radius 3 is 2.47 bits per heavy atom. The minimum atomic E-state index is -0.915. The Kier molecular flexibility index (Phi) is 2.77. The van der Waals surface area contributed by atoms with E-state index in [1.807, 2.05) is 6.07 Å². The molecule has 15 heavy (non-hydrogen) atoms. The van der Waals surface area contributed by atoms with Crippen LogP contribution >= 0.6 is 12.2 Å². The number of rotatable bonds is 1. The number of hydrogen-bond acceptors (Lipinski definition) is 4. The first-order chi connectivity index (χ1) is 6.82. The first-order valence-corrected chi connectivity index (χ1v) is 4.76. The van der Waals surface area contributed by atoms with Crippen molar-refractivity contribution in [2.24, 2.45) is 23.0 Å². The van der Waals surface area contributed by atoms with Gasteiger partial charge in [-0.15, -0.1) is 0 Å². The van der Waals surface area contributed by atoms with E-state index in [1.54, 1.807) is 13.8 Å². The molecule has 0 spiro atoms. The minimum absolute atomic E-state index is 0.00486. The zero-order chi connectivity index (χ0) is 11.8. The van der Waals surface area contributed by atoms with E-state index in [1.165, 1.54) is 0 Å². The van der Waals surface area contributed by atoms with Crippen LogP contribution < -0.4 is 11.1 Å². The Bertz CT molecular complexity index is 383. The highest BCUT2D eigenvalue weighted by Gasteiger charge is 2.51. The third-order valence-electron chi connectivity index (χ3n) is 2.67. The molecule has 2 atom stereocenters. The first kappa shape index (κ1) is 11.6. The van der Waals surface area contributed by atoms with Gasteiger partial charge in [0.1, 0.15) is 5.92 Å². The standard InChI is InChI=1S/C9H11N3O2S/c1-9(2)4(3-10)7(13)12-8(14)5(9)6(11)15/h4-5H,1-2H3,(H2,11,15)(H,12,13,14)/t4-,5+/m1/s1. The molecule has 0 unspecified atom stereocenters. The summed E-state index contributed by atoms with van der Waals surface area (Å²) in [7, 11) is 0. The Morgan fingerprint density at radius 2 is 2.07 bits per heavy atom. The summed E-state index contributed by atoms with van der Waals surface area (Å²) >= 11 is 4.78. The van der Waals surface area contributed by atoms with E-state index in [-0.39, 0.29) is 4.99 Å². The molecule has 1 heterocycles. The van der Waals surface area contributed by atoms with Gasteiger partial charge >= 0.3 is 0 Å². The maximum Gasteiger partial charge on any atom is 0.244 e. The lowest BCUT2D eigenvalue weighted by Crippen LogP contribution is -2.58. The molecule has 0 saturated carbocycles. The molecule has 0 aromatic carbocycles. The molecule has 0 aliphatic carbocycles. The molecule has 5 nitrogen and oxygen atoms in total. The fourth-order valence-corrected chi connectivity index (χ4v) is 2.24. The lowest BCUT2D eigenvalue weighted by molar-refractivity contribution is -0.142. The molecule has 1 fully saturated rings. The smallest absolute Gasteiger partial charge is 0.244 e. The van der Waals surface area contributed by atoms with Crippen molar-refractivity contribution >= 4 is 29.0 Å². The summed E-state index contributed by atoms with van der Waals surface area (Å²) in [6.07, 6.45) is 0. The number of nitrogens with zero attached hydrogens (tertiary/aromatic N) is 1. The second-order valence-corrected chi connectivity index (χ2v) is 4.54. The summed E-state index contributed by atoms with van der Waals surface area (Å²) in [6, 6.07) is 1.87. The van der Waals surface area contributed by atoms with E-state index in [0.29, 0.717) is 0 Å². The highest BCUT2D eigenvalue weighted by molar-refractivity contribution is 7.80. The quantitative estimate of drug-likeness (QED) is 0.472. The fraction of sp³-hybridized carbons (Fsp3) is 0.556. The molecular weight excluding hydrogens is 214 g/mol. The summed E-state index contributed by atoms with van der Waals surface area (Å²) in [5.74, 6) is -2.81. The van der Waals surface area contributed by atoms with Crippen LogP contribution in [0.15, 0.2) is 0 Å². The van der Waals surface area contributed by atoms with Crippen LogP contribution in [0.4, 0.5) is 0 Å². The molecule has 1 aliphatic heterocycles. The molecule has 2 amide bonds. The molecule has 1 saturated heterocycles. The molecule has 1 rings (SSSR count). The van der Waals surface area contributed by atoms with E-state index < -0.39 is 29.1 Å². The highest BCUT2D eigenvalue weighted by Crippen LogP contribution is 2.38. The fourth-order valence-electron chi connectivity index (χ4n) is 1.83. The van der Waals surface area contributed by atoms with E-state index >= 15 is 0 Å². The lowest BCUT2D eigenvalue weighted by atomic mass is 9.66. The van der Waals surface area contributed by atoms with Crippen molar-refractivity contribution in [2.45, 2.75) is 13.8 Å². The Morgan fingerprint density at radius 1 is 1.53 bits per heavy atom. The van der Waals surface area contributed by atoms with Gasteiger partial charge in [-0.3, -0.25) is 14.9 Å². The van der Waals surface area contributed by atoms with Gasteiger partial charge in [-0.1, -0.05) is 26.1 Å². The number of carbonyl (C=O) groups excluding carboxylic acids is 2. The molecule has 1 aliphatic rings. The van der Waals surface area contributed by atoms with Gasteiger partial charge in [-0.05, 0) is 0 Å². The predicted molar refractivity (Wildman–Crippen MR) is 56.3 cm³/mol. The van der Waals surface area contributed by atoms with Crippen molar-refractivity contribution in [3.63, 3.8) is 0 Å². The van der Waals surface area contributed by atoms with Gasteiger partial charge in [0.25, 0.3) is 0 Å². The Labute approximate surface area is 92.6 Å². The van der Waals surface area contributed by atoms with E-state index in [9.17, 15) is 9.59 Å². The minimum Gasteiger partial charge on any atom is -0.393 e. The van der Waals surface area contributed by atoms with Crippen LogP contribution in [0.25, 0.3) is 0 Å². The Balaban J connectivity index is 3.21. The average Bonchev–Trinajstić information content (AvgIpc) is 2.00. The third kappa shape index (κ3) is 1.70. The SMILES string of the molecule is CC1(C)[C@@H](C(N)=S)C(=O)NC(=O)[C@H]1C#N. The maximum atomic E-state index is 11.5. The average molecular weight is 225 g/mol. The van der Waals surface area contributed by atoms with Crippen LogP contribution in [0.5, 0.6) is 0 Å². The second-order valence-electron chi connectivity index (χ2n) is 4.07. The van der Waals surface area contributed by atoms with Crippen molar-refractivity contribution in [1.29, 1.82) is 5.26 Å². The first-order valence-electron chi connectivity index (χ1n) is 4.36. The lowest BCUT2D eigenvalue weighted by Gasteiger charge is -2.39. The molecular formula is C9H11N3O2S. The number of nitrogens with one attached hydrogen (secondary N) is 1. The molecule has 0 aromatic heterocycles. The van der Waals surface area contributed by atoms with Crippen LogP contribution in [0, 0.1) is 28.6 Å². The van der Waals surface area contributed by atoms with Gasteiger partial charge < -0.3 is 5.73 Å². The van der Waals surface area contributed by atoms with Gasteiger partial charge in [0, 0.05) is 5.41 Å². The van der Waals surface area contributed by atoms with Crippen LogP contribution in [0.2, 0.25) is 0 Å². The van der Waals surface area contributed by atoms with Crippen molar-refractivity contribution in [3.05, 3.63) is 0 Å².